The lowest BCUT2D eigenvalue weighted by Crippen LogP contribution is -2.15. The van der Waals surface area contributed by atoms with E-state index in [2.05, 4.69) is 33.0 Å². The van der Waals surface area contributed by atoms with Crippen LogP contribution in [0, 0.1) is 3.57 Å². The van der Waals surface area contributed by atoms with Gasteiger partial charge in [0, 0.05) is 28.9 Å². The second kappa shape index (κ2) is 6.19. The summed E-state index contributed by atoms with van der Waals surface area (Å²) in [6.45, 7) is 0.556. The Morgan fingerprint density at radius 3 is 3.06 bits per heavy atom. The van der Waals surface area contributed by atoms with Gasteiger partial charge in [0.05, 0.1) is 10.7 Å². The minimum atomic E-state index is -0.0746. The lowest BCUT2D eigenvalue weighted by molar-refractivity contribution is -0.116. The molecule has 0 radical (unpaired) electrons. The van der Waals surface area contributed by atoms with Crippen molar-refractivity contribution in [2.75, 3.05) is 5.32 Å². The van der Waals surface area contributed by atoms with E-state index in [0.29, 0.717) is 23.7 Å². The predicted octanol–water partition coefficient (Wildman–Crippen LogP) is 3.17. The number of amides is 1. The van der Waals surface area contributed by atoms with Gasteiger partial charge < -0.3 is 5.32 Å². The third-order valence-corrected chi connectivity index (χ3v) is 3.33. The number of hydrogen-bond acceptors (Lipinski definition) is 2. The van der Waals surface area contributed by atoms with E-state index in [1.807, 2.05) is 24.4 Å². The summed E-state index contributed by atoms with van der Waals surface area (Å²) in [5.74, 6) is -0.0746. The second-order valence-corrected chi connectivity index (χ2v) is 5.34. The number of halogens is 2. The number of nitrogens with one attached hydrogen (secondary N) is 1. The number of rotatable bonds is 4. The lowest BCUT2D eigenvalue weighted by atomic mass is 10.3. The van der Waals surface area contributed by atoms with Gasteiger partial charge in [-0.05, 0) is 46.9 Å². The molecule has 6 heteroatoms. The monoisotopic (exact) mass is 375 g/mol. The largest absolute Gasteiger partial charge is 0.325 e. The number of carbonyl (C=O) groups is 1. The van der Waals surface area contributed by atoms with Gasteiger partial charge in [0.15, 0.2) is 0 Å². The molecule has 1 heterocycles. The number of aryl methyl sites for hydroxylation is 1. The molecule has 0 spiro atoms. The van der Waals surface area contributed by atoms with Crippen molar-refractivity contribution in [2.24, 2.45) is 0 Å². The number of hydrogen-bond donors (Lipinski definition) is 1. The molecule has 0 atom stereocenters. The van der Waals surface area contributed by atoms with E-state index in [0.717, 1.165) is 3.57 Å². The Labute approximate surface area is 123 Å². The molecule has 1 aromatic heterocycles. The van der Waals surface area contributed by atoms with Crippen LogP contribution >= 0.6 is 34.2 Å². The molecule has 1 amide bonds. The summed E-state index contributed by atoms with van der Waals surface area (Å²) in [5.41, 5.74) is 0.647. The smallest absolute Gasteiger partial charge is 0.226 e. The highest BCUT2D eigenvalue weighted by Crippen LogP contribution is 2.23. The Hall–Kier alpha value is -1.08. The van der Waals surface area contributed by atoms with Gasteiger partial charge in [0.1, 0.15) is 0 Å². The van der Waals surface area contributed by atoms with Gasteiger partial charge in [-0.1, -0.05) is 11.6 Å². The van der Waals surface area contributed by atoms with Crippen LogP contribution in [0.2, 0.25) is 5.02 Å². The van der Waals surface area contributed by atoms with Crippen LogP contribution in [0.5, 0.6) is 0 Å². The standard InChI is InChI=1S/C12H11ClIN3O/c13-10-3-2-9(14)8-11(10)16-12(18)4-7-17-6-1-5-15-17/h1-3,5-6,8H,4,7H2,(H,16,18). The van der Waals surface area contributed by atoms with Crippen LogP contribution in [0.4, 0.5) is 5.69 Å². The molecule has 0 unspecified atom stereocenters. The highest BCUT2D eigenvalue weighted by atomic mass is 127. The summed E-state index contributed by atoms with van der Waals surface area (Å²) in [5, 5.41) is 7.38. The van der Waals surface area contributed by atoms with Crippen molar-refractivity contribution < 1.29 is 4.79 Å². The zero-order valence-electron chi connectivity index (χ0n) is 9.44. The van der Waals surface area contributed by atoms with E-state index in [1.54, 1.807) is 16.9 Å². The molecule has 94 valence electrons. The van der Waals surface area contributed by atoms with Crippen LogP contribution < -0.4 is 5.32 Å². The van der Waals surface area contributed by atoms with Crippen molar-refractivity contribution in [2.45, 2.75) is 13.0 Å². The van der Waals surface area contributed by atoms with Gasteiger partial charge in [-0.15, -0.1) is 0 Å². The highest BCUT2D eigenvalue weighted by molar-refractivity contribution is 14.1. The molecule has 4 nitrogen and oxygen atoms in total. The normalized spacial score (nSPS) is 10.3. The maximum atomic E-state index is 11.8. The van der Waals surface area contributed by atoms with Crippen LogP contribution in [0.1, 0.15) is 6.42 Å². The van der Waals surface area contributed by atoms with Crippen LogP contribution in [-0.2, 0) is 11.3 Å². The van der Waals surface area contributed by atoms with Gasteiger partial charge in [-0.2, -0.15) is 5.10 Å². The first-order chi connectivity index (χ1) is 8.65. The molecule has 1 aromatic carbocycles. The molecular weight excluding hydrogens is 365 g/mol. The van der Waals surface area contributed by atoms with Crippen molar-refractivity contribution in [3.8, 4) is 0 Å². The molecule has 0 aliphatic heterocycles. The molecule has 2 rings (SSSR count). The van der Waals surface area contributed by atoms with Gasteiger partial charge >= 0.3 is 0 Å². The maximum absolute atomic E-state index is 11.8. The highest BCUT2D eigenvalue weighted by Gasteiger charge is 2.06. The maximum Gasteiger partial charge on any atom is 0.226 e. The molecule has 0 bridgehead atoms. The average Bonchev–Trinajstić information content (AvgIpc) is 2.84. The van der Waals surface area contributed by atoms with E-state index in [1.165, 1.54) is 0 Å². The molecule has 0 aliphatic rings. The SMILES string of the molecule is O=C(CCn1cccn1)Nc1cc(I)ccc1Cl. The van der Waals surface area contributed by atoms with Crippen molar-refractivity contribution in [3.05, 3.63) is 45.3 Å². The van der Waals surface area contributed by atoms with Gasteiger partial charge in [0.25, 0.3) is 0 Å². The fourth-order valence-electron chi connectivity index (χ4n) is 1.45. The minimum Gasteiger partial charge on any atom is -0.325 e. The number of anilines is 1. The van der Waals surface area contributed by atoms with E-state index >= 15 is 0 Å². The van der Waals surface area contributed by atoms with Crippen molar-refractivity contribution >= 4 is 45.8 Å². The summed E-state index contributed by atoms with van der Waals surface area (Å²) in [7, 11) is 0. The first kappa shape index (κ1) is 13.4. The van der Waals surface area contributed by atoms with Crippen LogP contribution in [0.15, 0.2) is 36.7 Å². The second-order valence-electron chi connectivity index (χ2n) is 3.69. The zero-order chi connectivity index (χ0) is 13.0. The molecule has 18 heavy (non-hydrogen) atoms. The number of benzene rings is 1. The van der Waals surface area contributed by atoms with Gasteiger partial charge in [-0.3, -0.25) is 9.48 Å². The molecular formula is C12H11ClIN3O. The molecule has 0 saturated heterocycles. The molecule has 0 aliphatic carbocycles. The summed E-state index contributed by atoms with van der Waals surface area (Å²) in [6, 6.07) is 7.33. The van der Waals surface area contributed by atoms with Crippen LogP contribution in [0.25, 0.3) is 0 Å². The number of nitrogens with zero attached hydrogens (tertiary/aromatic N) is 2. The lowest BCUT2D eigenvalue weighted by Gasteiger charge is -2.07. The van der Waals surface area contributed by atoms with Crippen molar-refractivity contribution in [1.29, 1.82) is 0 Å². The Morgan fingerprint density at radius 1 is 1.50 bits per heavy atom. The Balaban J connectivity index is 1.92. The quantitative estimate of drug-likeness (QED) is 0.835. The summed E-state index contributed by atoms with van der Waals surface area (Å²) in [4.78, 5) is 11.8. The van der Waals surface area contributed by atoms with Crippen LogP contribution in [0.3, 0.4) is 0 Å². The Morgan fingerprint density at radius 2 is 2.33 bits per heavy atom. The molecule has 0 saturated carbocycles. The zero-order valence-corrected chi connectivity index (χ0v) is 12.4. The van der Waals surface area contributed by atoms with Crippen LogP contribution in [-0.4, -0.2) is 15.7 Å². The molecule has 2 aromatic rings. The van der Waals surface area contributed by atoms with E-state index in [-0.39, 0.29) is 5.91 Å². The fraction of sp³-hybridized carbons (Fsp3) is 0.167. The molecule has 1 N–H and O–H groups in total. The van der Waals surface area contributed by atoms with Crippen molar-refractivity contribution in [1.82, 2.24) is 9.78 Å². The Bertz CT molecular complexity index is 542. The fourth-order valence-corrected chi connectivity index (χ4v) is 2.11. The van der Waals surface area contributed by atoms with Gasteiger partial charge in [0.2, 0.25) is 5.91 Å². The van der Waals surface area contributed by atoms with E-state index in [4.69, 9.17) is 11.6 Å². The summed E-state index contributed by atoms with van der Waals surface area (Å²) in [6.07, 6.45) is 3.88. The third-order valence-electron chi connectivity index (χ3n) is 2.33. The van der Waals surface area contributed by atoms with E-state index < -0.39 is 0 Å². The topological polar surface area (TPSA) is 46.9 Å². The number of aromatic nitrogens is 2. The van der Waals surface area contributed by atoms with E-state index in [9.17, 15) is 4.79 Å². The molecule has 0 fully saturated rings. The first-order valence-electron chi connectivity index (χ1n) is 5.37. The van der Waals surface area contributed by atoms with Crippen molar-refractivity contribution in [3.63, 3.8) is 0 Å². The average molecular weight is 376 g/mol. The summed E-state index contributed by atoms with van der Waals surface area (Å²) >= 11 is 8.18. The van der Waals surface area contributed by atoms with Gasteiger partial charge in [-0.25, -0.2) is 0 Å². The predicted molar refractivity (Wildman–Crippen MR) is 79.6 cm³/mol. The number of carbonyl (C=O) groups excluding carboxylic acids is 1. The minimum absolute atomic E-state index is 0.0746. The Kier molecular flexibility index (Phi) is 4.60. The summed E-state index contributed by atoms with van der Waals surface area (Å²) < 4.78 is 2.75. The first-order valence-corrected chi connectivity index (χ1v) is 6.83. The third kappa shape index (κ3) is 3.71.